The van der Waals surface area contributed by atoms with Crippen LogP contribution in [0.5, 0.6) is 0 Å². The molecule has 0 saturated carbocycles. The summed E-state index contributed by atoms with van der Waals surface area (Å²) in [6.45, 7) is 0. The third-order valence-corrected chi connectivity index (χ3v) is 2.17. The summed E-state index contributed by atoms with van der Waals surface area (Å²) in [5, 5.41) is 0.0219. The van der Waals surface area contributed by atoms with Crippen LogP contribution in [0.4, 0.5) is 0 Å². The van der Waals surface area contributed by atoms with Crippen LogP contribution in [0.25, 0.3) is 0 Å². The average molecular weight is 201 g/mol. The SMILES string of the molecule is CO[C@@H](Br)c1ccccc1. The first-order valence-electron chi connectivity index (χ1n) is 3.06. The van der Waals surface area contributed by atoms with E-state index < -0.39 is 0 Å². The summed E-state index contributed by atoms with van der Waals surface area (Å²) in [5.41, 5.74) is 1.14. The van der Waals surface area contributed by atoms with Gasteiger partial charge in [0.05, 0.1) is 0 Å². The van der Waals surface area contributed by atoms with Crippen LogP contribution in [0.3, 0.4) is 0 Å². The van der Waals surface area contributed by atoms with Gasteiger partial charge in [0.1, 0.15) is 5.01 Å². The van der Waals surface area contributed by atoms with Crippen LogP contribution < -0.4 is 0 Å². The zero-order valence-corrected chi connectivity index (χ0v) is 7.34. The van der Waals surface area contributed by atoms with Gasteiger partial charge in [-0.3, -0.25) is 0 Å². The van der Waals surface area contributed by atoms with Crippen LogP contribution in [-0.4, -0.2) is 7.11 Å². The van der Waals surface area contributed by atoms with Gasteiger partial charge in [0.25, 0.3) is 0 Å². The quantitative estimate of drug-likeness (QED) is 0.668. The normalized spacial score (nSPS) is 13.0. The van der Waals surface area contributed by atoms with Gasteiger partial charge in [0, 0.05) is 7.11 Å². The minimum absolute atomic E-state index is 0.0219. The molecule has 0 aliphatic carbocycles. The van der Waals surface area contributed by atoms with Crippen molar-refractivity contribution in [2.24, 2.45) is 0 Å². The molecule has 0 fully saturated rings. The van der Waals surface area contributed by atoms with Gasteiger partial charge in [-0.25, -0.2) is 0 Å². The Kier molecular flexibility index (Phi) is 2.90. The van der Waals surface area contributed by atoms with Crippen LogP contribution in [0, 0.1) is 0 Å². The number of benzene rings is 1. The Labute approximate surface area is 69.1 Å². The minimum atomic E-state index is 0.0219. The van der Waals surface area contributed by atoms with Crippen molar-refractivity contribution in [3.8, 4) is 0 Å². The van der Waals surface area contributed by atoms with E-state index in [1.54, 1.807) is 7.11 Å². The summed E-state index contributed by atoms with van der Waals surface area (Å²) in [6, 6.07) is 10.00. The lowest BCUT2D eigenvalue weighted by atomic mass is 10.2. The Morgan fingerprint density at radius 1 is 1.30 bits per heavy atom. The van der Waals surface area contributed by atoms with Crippen LogP contribution in [-0.2, 0) is 4.74 Å². The summed E-state index contributed by atoms with van der Waals surface area (Å²) in [6.07, 6.45) is 0. The molecule has 0 aliphatic rings. The largest absolute Gasteiger partial charge is 0.365 e. The number of hydrogen-bond donors (Lipinski definition) is 0. The molecule has 0 saturated heterocycles. The van der Waals surface area contributed by atoms with Gasteiger partial charge in [-0.2, -0.15) is 0 Å². The number of hydrogen-bond acceptors (Lipinski definition) is 1. The zero-order valence-electron chi connectivity index (χ0n) is 5.75. The van der Waals surface area contributed by atoms with E-state index >= 15 is 0 Å². The van der Waals surface area contributed by atoms with Crippen LogP contribution in [0.1, 0.15) is 10.6 Å². The molecule has 10 heavy (non-hydrogen) atoms. The topological polar surface area (TPSA) is 9.23 Å². The molecule has 0 unspecified atom stereocenters. The standard InChI is InChI=1S/C8H9BrO/c1-10-8(9)7-5-3-2-4-6-7/h2-6,8H,1H3/t8-/m1/s1. The molecule has 54 valence electrons. The number of alkyl halides is 1. The highest BCUT2D eigenvalue weighted by molar-refractivity contribution is 9.09. The van der Waals surface area contributed by atoms with Gasteiger partial charge < -0.3 is 4.74 Å². The maximum absolute atomic E-state index is 5.05. The number of methoxy groups -OCH3 is 1. The third kappa shape index (κ3) is 1.82. The predicted octanol–water partition coefficient (Wildman–Crippen LogP) is 2.73. The Hall–Kier alpha value is -0.340. The van der Waals surface area contributed by atoms with E-state index in [4.69, 9.17) is 4.74 Å². The summed E-state index contributed by atoms with van der Waals surface area (Å²) in [5.74, 6) is 0. The van der Waals surface area contributed by atoms with Crippen LogP contribution in [0.2, 0.25) is 0 Å². The molecule has 0 aliphatic heterocycles. The lowest BCUT2D eigenvalue weighted by Crippen LogP contribution is -1.89. The van der Waals surface area contributed by atoms with Gasteiger partial charge >= 0.3 is 0 Å². The molecule has 0 bridgehead atoms. The van der Waals surface area contributed by atoms with Crippen molar-refractivity contribution in [2.45, 2.75) is 5.01 Å². The summed E-state index contributed by atoms with van der Waals surface area (Å²) in [7, 11) is 1.67. The van der Waals surface area contributed by atoms with E-state index in [0.717, 1.165) is 5.56 Å². The van der Waals surface area contributed by atoms with Crippen molar-refractivity contribution in [3.05, 3.63) is 35.9 Å². The molecule has 0 N–H and O–H groups in total. The number of ether oxygens (including phenoxy) is 1. The highest BCUT2D eigenvalue weighted by Gasteiger charge is 2.01. The van der Waals surface area contributed by atoms with E-state index in [1.165, 1.54) is 0 Å². The molecule has 2 heteroatoms. The van der Waals surface area contributed by atoms with Crippen molar-refractivity contribution in [3.63, 3.8) is 0 Å². The molecular weight excluding hydrogens is 192 g/mol. The van der Waals surface area contributed by atoms with Crippen molar-refractivity contribution < 1.29 is 4.74 Å². The van der Waals surface area contributed by atoms with Crippen molar-refractivity contribution in [1.82, 2.24) is 0 Å². The average Bonchev–Trinajstić information content (AvgIpc) is 2.05. The Balaban J connectivity index is 2.75. The van der Waals surface area contributed by atoms with Gasteiger partial charge in [-0.1, -0.05) is 46.3 Å². The van der Waals surface area contributed by atoms with E-state index in [1.807, 2.05) is 30.3 Å². The first-order chi connectivity index (χ1) is 4.84. The monoisotopic (exact) mass is 200 g/mol. The fourth-order valence-electron chi connectivity index (χ4n) is 0.740. The first kappa shape index (κ1) is 7.76. The highest BCUT2D eigenvalue weighted by atomic mass is 79.9. The predicted molar refractivity (Wildman–Crippen MR) is 45.1 cm³/mol. The van der Waals surface area contributed by atoms with Gasteiger partial charge in [0.15, 0.2) is 0 Å². The van der Waals surface area contributed by atoms with E-state index in [9.17, 15) is 0 Å². The smallest absolute Gasteiger partial charge is 0.137 e. The molecule has 0 amide bonds. The van der Waals surface area contributed by atoms with Crippen molar-refractivity contribution >= 4 is 15.9 Å². The molecule has 0 aromatic heterocycles. The van der Waals surface area contributed by atoms with Crippen molar-refractivity contribution in [2.75, 3.05) is 7.11 Å². The van der Waals surface area contributed by atoms with Crippen LogP contribution in [0.15, 0.2) is 30.3 Å². The highest BCUT2D eigenvalue weighted by Crippen LogP contribution is 2.21. The lowest BCUT2D eigenvalue weighted by Gasteiger charge is -2.05. The second-order valence-corrected chi connectivity index (χ2v) is 2.79. The summed E-state index contributed by atoms with van der Waals surface area (Å²) in [4.78, 5) is 0. The lowest BCUT2D eigenvalue weighted by molar-refractivity contribution is 0.181. The molecule has 1 aromatic rings. The fraction of sp³-hybridized carbons (Fsp3) is 0.250. The molecule has 1 rings (SSSR count). The van der Waals surface area contributed by atoms with Crippen molar-refractivity contribution in [1.29, 1.82) is 0 Å². The second-order valence-electron chi connectivity index (χ2n) is 1.96. The Morgan fingerprint density at radius 2 is 1.90 bits per heavy atom. The molecule has 1 atom stereocenters. The maximum Gasteiger partial charge on any atom is 0.137 e. The Bertz CT molecular complexity index is 186. The van der Waals surface area contributed by atoms with Gasteiger partial charge in [-0.15, -0.1) is 0 Å². The van der Waals surface area contributed by atoms with Gasteiger partial charge in [-0.05, 0) is 5.56 Å². The van der Waals surface area contributed by atoms with E-state index in [2.05, 4.69) is 15.9 Å². The molecule has 0 radical (unpaired) electrons. The van der Waals surface area contributed by atoms with E-state index in [-0.39, 0.29) is 5.01 Å². The first-order valence-corrected chi connectivity index (χ1v) is 3.98. The molecule has 1 aromatic carbocycles. The van der Waals surface area contributed by atoms with Crippen LogP contribution >= 0.6 is 15.9 Å². The summed E-state index contributed by atoms with van der Waals surface area (Å²) < 4.78 is 5.05. The number of halogens is 1. The maximum atomic E-state index is 5.05. The minimum Gasteiger partial charge on any atom is -0.365 e. The molecule has 0 heterocycles. The van der Waals surface area contributed by atoms with Gasteiger partial charge in [0.2, 0.25) is 0 Å². The molecule has 1 nitrogen and oxygen atoms in total. The zero-order chi connectivity index (χ0) is 7.40. The second kappa shape index (κ2) is 3.74. The third-order valence-electron chi connectivity index (χ3n) is 1.27. The molecule has 0 spiro atoms. The summed E-state index contributed by atoms with van der Waals surface area (Å²) >= 11 is 3.36. The Morgan fingerprint density at radius 3 is 2.40 bits per heavy atom. The molecular formula is C8H9BrO. The fourth-order valence-corrected chi connectivity index (χ4v) is 1.05. The van der Waals surface area contributed by atoms with E-state index in [0.29, 0.717) is 0 Å². The number of rotatable bonds is 2.